The largest absolute Gasteiger partial charge is 0.326 e. The van der Waals surface area contributed by atoms with E-state index in [0.717, 1.165) is 5.56 Å². The zero-order chi connectivity index (χ0) is 13.9. The summed E-state index contributed by atoms with van der Waals surface area (Å²) in [5.41, 5.74) is 16.4. The van der Waals surface area contributed by atoms with E-state index in [1.54, 1.807) is 0 Å². The molecule has 0 aromatic heterocycles. The Bertz CT molecular complexity index is 541. The maximum atomic E-state index is 5.85. The monoisotopic (exact) mass is 254 g/mol. The van der Waals surface area contributed by atoms with Gasteiger partial charge in [0.15, 0.2) is 0 Å². The molecule has 0 atom stereocenters. The predicted octanol–water partition coefficient (Wildman–Crippen LogP) is 2.93. The Balaban J connectivity index is 2.45. The molecule has 100 valence electrons. The highest BCUT2D eigenvalue weighted by atomic mass is 14.5. The maximum absolute atomic E-state index is 5.85. The fraction of sp³-hybridized carbons (Fsp3) is 0.294. The van der Waals surface area contributed by atoms with Gasteiger partial charge in [-0.1, -0.05) is 62.4 Å². The minimum absolute atomic E-state index is 0.0525. The van der Waals surface area contributed by atoms with Crippen molar-refractivity contribution in [3.8, 4) is 0 Å². The molecule has 0 bridgehead atoms. The minimum Gasteiger partial charge on any atom is -0.326 e. The Morgan fingerprint density at radius 1 is 0.842 bits per heavy atom. The normalized spacial score (nSPS) is 11.6. The highest BCUT2D eigenvalue weighted by molar-refractivity contribution is 5.42. The molecule has 0 radical (unpaired) electrons. The topological polar surface area (TPSA) is 52.0 Å². The van der Waals surface area contributed by atoms with Gasteiger partial charge < -0.3 is 11.5 Å². The molecule has 2 aromatic rings. The van der Waals surface area contributed by atoms with Gasteiger partial charge >= 0.3 is 0 Å². The van der Waals surface area contributed by atoms with Gasteiger partial charge in [0.25, 0.3) is 0 Å². The molecule has 2 aromatic carbocycles. The predicted molar refractivity (Wildman–Crippen MR) is 80.8 cm³/mol. The number of rotatable bonds is 4. The van der Waals surface area contributed by atoms with E-state index in [1.807, 2.05) is 6.07 Å². The first-order valence-corrected chi connectivity index (χ1v) is 6.67. The number of nitrogens with two attached hydrogens (primary N) is 2. The van der Waals surface area contributed by atoms with Crippen LogP contribution in [-0.4, -0.2) is 0 Å². The van der Waals surface area contributed by atoms with Crippen LogP contribution in [0.15, 0.2) is 48.5 Å². The summed E-state index contributed by atoms with van der Waals surface area (Å²) in [7, 11) is 0. The average Bonchev–Trinajstić information content (AvgIpc) is 2.47. The van der Waals surface area contributed by atoms with Crippen LogP contribution in [0.3, 0.4) is 0 Å². The molecule has 0 aliphatic carbocycles. The van der Waals surface area contributed by atoms with Crippen LogP contribution in [0.4, 0.5) is 0 Å². The van der Waals surface area contributed by atoms with Crippen molar-refractivity contribution in [1.29, 1.82) is 0 Å². The average molecular weight is 254 g/mol. The summed E-state index contributed by atoms with van der Waals surface area (Å²) in [5, 5.41) is 0. The summed E-state index contributed by atoms with van der Waals surface area (Å²) in [6.07, 6.45) is 0. The van der Waals surface area contributed by atoms with Gasteiger partial charge in [-0.25, -0.2) is 0 Å². The van der Waals surface area contributed by atoms with E-state index >= 15 is 0 Å². The fourth-order valence-electron chi connectivity index (χ4n) is 2.52. The Labute approximate surface area is 115 Å². The van der Waals surface area contributed by atoms with Gasteiger partial charge in [-0.15, -0.1) is 0 Å². The van der Waals surface area contributed by atoms with Crippen LogP contribution >= 0.6 is 0 Å². The van der Waals surface area contributed by atoms with E-state index in [-0.39, 0.29) is 5.41 Å². The van der Waals surface area contributed by atoms with Crippen molar-refractivity contribution < 1.29 is 0 Å². The van der Waals surface area contributed by atoms with Crippen LogP contribution in [0.1, 0.15) is 36.1 Å². The van der Waals surface area contributed by atoms with Gasteiger partial charge in [0, 0.05) is 18.5 Å². The molecule has 2 nitrogen and oxygen atoms in total. The zero-order valence-electron chi connectivity index (χ0n) is 11.7. The summed E-state index contributed by atoms with van der Waals surface area (Å²) in [5.74, 6) is 0. The van der Waals surface area contributed by atoms with Gasteiger partial charge in [0.05, 0.1) is 0 Å². The smallest absolute Gasteiger partial charge is 0.0181 e. The van der Waals surface area contributed by atoms with Gasteiger partial charge in [-0.05, 0) is 22.3 Å². The van der Waals surface area contributed by atoms with Crippen molar-refractivity contribution >= 4 is 0 Å². The van der Waals surface area contributed by atoms with E-state index in [2.05, 4.69) is 56.3 Å². The van der Waals surface area contributed by atoms with Crippen LogP contribution in [0.25, 0.3) is 0 Å². The molecule has 0 saturated heterocycles. The van der Waals surface area contributed by atoms with Crippen LogP contribution in [0, 0.1) is 0 Å². The Morgan fingerprint density at radius 2 is 1.47 bits per heavy atom. The van der Waals surface area contributed by atoms with Crippen molar-refractivity contribution in [2.45, 2.75) is 32.4 Å². The zero-order valence-corrected chi connectivity index (χ0v) is 11.7. The summed E-state index contributed by atoms with van der Waals surface area (Å²) < 4.78 is 0. The SMILES string of the molecule is CC(C)(c1ccc(CN)cc1)c1ccccc1CN. The van der Waals surface area contributed by atoms with E-state index in [9.17, 15) is 0 Å². The molecule has 19 heavy (non-hydrogen) atoms. The molecule has 0 amide bonds. The first-order valence-electron chi connectivity index (χ1n) is 6.67. The van der Waals surface area contributed by atoms with Crippen molar-refractivity contribution in [3.63, 3.8) is 0 Å². The molecular formula is C17H22N2. The highest BCUT2D eigenvalue weighted by Gasteiger charge is 2.24. The van der Waals surface area contributed by atoms with E-state index < -0.39 is 0 Å². The Kier molecular flexibility index (Phi) is 4.03. The van der Waals surface area contributed by atoms with Crippen molar-refractivity contribution in [2.24, 2.45) is 11.5 Å². The molecule has 0 aliphatic heterocycles. The molecule has 0 unspecified atom stereocenters. The third kappa shape index (κ3) is 2.70. The van der Waals surface area contributed by atoms with Gasteiger partial charge in [0.1, 0.15) is 0 Å². The summed E-state index contributed by atoms with van der Waals surface area (Å²) >= 11 is 0. The second kappa shape index (κ2) is 5.55. The molecule has 0 fully saturated rings. The quantitative estimate of drug-likeness (QED) is 0.881. The van der Waals surface area contributed by atoms with E-state index in [4.69, 9.17) is 11.5 Å². The fourth-order valence-corrected chi connectivity index (χ4v) is 2.52. The van der Waals surface area contributed by atoms with E-state index in [0.29, 0.717) is 13.1 Å². The number of hydrogen-bond donors (Lipinski definition) is 2. The lowest BCUT2D eigenvalue weighted by atomic mass is 9.76. The van der Waals surface area contributed by atoms with Crippen LogP contribution in [0.2, 0.25) is 0 Å². The van der Waals surface area contributed by atoms with E-state index in [1.165, 1.54) is 16.7 Å². The van der Waals surface area contributed by atoms with Gasteiger partial charge in [-0.2, -0.15) is 0 Å². The molecule has 0 spiro atoms. The third-order valence-corrected chi connectivity index (χ3v) is 3.82. The highest BCUT2D eigenvalue weighted by Crippen LogP contribution is 2.33. The minimum atomic E-state index is -0.0525. The lowest BCUT2D eigenvalue weighted by Crippen LogP contribution is -2.22. The second-order valence-electron chi connectivity index (χ2n) is 5.39. The number of benzene rings is 2. The molecule has 0 saturated carbocycles. The van der Waals surface area contributed by atoms with Crippen molar-refractivity contribution in [3.05, 3.63) is 70.8 Å². The Hall–Kier alpha value is -1.64. The maximum Gasteiger partial charge on any atom is 0.0181 e. The van der Waals surface area contributed by atoms with Gasteiger partial charge in [0.2, 0.25) is 0 Å². The summed E-state index contributed by atoms with van der Waals surface area (Å²) in [4.78, 5) is 0. The first kappa shape index (κ1) is 13.8. The standard InChI is InChI=1S/C17H22N2/c1-17(2,15-9-7-13(11-18)8-10-15)16-6-4-3-5-14(16)12-19/h3-10H,11-12,18-19H2,1-2H3. The molecule has 0 aliphatic rings. The lowest BCUT2D eigenvalue weighted by molar-refractivity contribution is 0.631. The molecule has 4 N–H and O–H groups in total. The van der Waals surface area contributed by atoms with Crippen molar-refractivity contribution in [2.75, 3.05) is 0 Å². The molecule has 0 heterocycles. The van der Waals surface area contributed by atoms with Gasteiger partial charge in [-0.3, -0.25) is 0 Å². The first-order chi connectivity index (χ1) is 9.09. The van der Waals surface area contributed by atoms with Crippen LogP contribution < -0.4 is 11.5 Å². The van der Waals surface area contributed by atoms with Crippen LogP contribution in [0.5, 0.6) is 0 Å². The second-order valence-corrected chi connectivity index (χ2v) is 5.39. The summed E-state index contributed by atoms with van der Waals surface area (Å²) in [6, 6.07) is 16.9. The molecule has 2 heteroatoms. The number of hydrogen-bond acceptors (Lipinski definition) is 2. The van der Waals surface area contributed by atoms with Crippen molar-refractivity contribution in [1.82, 2.24) is 0 Å². The lowest BCUT2D eigenvalue weighted by Gasteiger charge is -2.28. The molecular weight excluding hydrogens is 232 g/mol. The summed E-state index contributed by atoms with van der Waals surface area (Å²) in [6.45, 7) is 5.62. The Morgan fingerprint density at radius 3 is 2.05 bits per heavy atom. The molecule has 2 rings (SSSR count). The third-order valence-electron chi connectivity index (χ3n) is 3.82. The van der Waals surface area contributed by atoms with Crippen LogP contribution in [-0.2, 0) is 18.5 Å².